The van der Waals surface area contributed by atoms with Crippen LogP contribution in [0, 0.1) is 25.5 Å². The van der Waals surface area contributed by atoms with E-state index in [1.165, 1.54) is 0 Å². The normalized spacial score (nSPS) is 16.5. The highest BCUT2D eigenvalue weighted by Crippen LogP contribution is 2.32. The number of hydrogen-bond donors (Lipinski definition) is 0. The molecule has 2 aliphatic rings. The summed E-state index contributed by atoms with van der Waals surface area (Å²) in [5.41, 5.74) is 0. The lowest BCUT2D eigenvalue weighted by Gasteiger charge is -2.26. The number of halogens is 2. The molecule has 0 amide bonds. The fraction of sp³-hybridized carbons (Fsp3) is 0.500. The van der Waals surface area contributed by atoms with E-state index in [9.17, 15) is 25.6 Å². The molecule has 22 heteroatoms. The molecule has 8 heterocycles. The summed E-state index contributed by atoms with van der Waals surface area (Å²) >= 11 is 0. The molecule has 2 saturated heterocycles. The lowest BCUT2D eigenvalue weighted by molar-refractivity contribution is 0.0691. The Morgan fingerprint density at radius 3 is 1.27 bits per heavy atom. The molecule has 62 heavy (non-hydrogen) atoms. The fourth-order valence-electron chi connectivity index (χ4n) is 7.25. The van der Waals surface area contributed by atoms with Crippen molar-refractivity contribution in [2.24, 2.45) is 0 Å². The summed E-state index contributed by atoms with van der Waals surface area (Å²) in [6.45, 7) is 9.20. The van der Waals surface area contributed by atoms with Crippen molar-refractivity contribution in [3.63, 3.8) is 0 Å². The first-order valence-corrected chi connectivity index (χ1v) is 23.6. The number of aryl methyl sites for hydroxylation is 2. The summed E-state index contributed by atoms with van der Waals surface area (Å²) in [6, 6.07) is 7.32. The van der Waals surface area contributed by atoms with Gasteiger partial charge in [0.1, 0.15) is 46.3 Å². The van der Waals surface area contributed by atoms with Gasteiger partial charge in [-0.2, -0.15) is 0 Å². The van der Waals surface area contributed by atoms with E-state index in [4.69, 9.17) is 18.3 Å². The average molecular weight is 899 g/mol. The van der Waals surface area contributed by atoms with Gasteiger partial charge in [0.2, 0.25) is 0 Å². The van der Waals surface area contributed by atoms with Gasteiger partial charge in [-0.3, -0.25) is 0 Å². The van der Waals surface area contributed by atoms with E-state index >= 15 is 0 Å². The maximum Gasteiger partial charge on any atom is 0.200 e. The van der Waals surface area contributed by atoms with Crippen LogP contribution in [0.25, 0.3) is 23.2 Å². The molecule has 2 aliphatic heterocycles. The van der Waals surface area contributed by atoms with Gasteiger partial charge in [0, 0.05) is 51.4 Å². The first kappa shape index (κ1) is 44.7. The topological polar surface area (TPSA) is 226 Å². The van der Waals surface area contributed by atoms with Crippen LogP contribution in [0.15, 0.2) is 57.9 Å². The maximum absolute atomic E-state index is 13.1. The van der Waals surface area contributed by atoms with Gasteiger partial charge in [0.25, 0.3) is 0 Å². The Labute approximate surface area is 357 Å². The summed E-state index contributed by atoms with van der Waals surface area (Å²) in [4.78, 5) is 15.5. The highest BCUT2D eigenvalue weighted by molar-refractivity contribution is 7.91. The van der Waals surface area contributed by atoms with Crippen LogP contribution in [-0.2, 0) is 53.5 Å². The van der Waals surface area contributed by atoms with Crippen molar-refractivity contribution < 1.29 is 43.9 Å². The van der Waals surface area contributed by atoms with Gasteiger partial charge < -0.3 is 27.4 Å². The molecule has 2 atom stereocenters. The Bertz CT molecular complexity index is 2460. The molecule has 0 radical (unpaired) electrons. The van der Waals surface area contributed by atoms with Crippen LogP contribution < -0.4 is 0 Å². The summed E-state index contributed by atoms with van der Waals surface area (Å²) in [5, 5.41) is 15.4. The summed E-state index contributed by atoms with van der Waals surface area (Å²) in [5.74, 6) is 3.18. The van der Waals surface area contributed by atoms with Gasteiger partial charge in [-0.1, -0.05) is 0 Å². The van der Waals surface area contributed by atoms with Crippen molar-refractivity contribution in [2.75, 3.05) is 26.4 Å². The van der Waals surface area contributed by atoms with Crippen LogP contribution in [0.1, 0.15) is 86.4 Å². The molecule has 0 saturated carbocycles. The molecular formula is C40H48F2N10O8S2. The fourth-order valence-corrected chi connectivity index (χ4v) is 9.73. The molecule has 0 N–H and O–H groups in total. The van der Waals surface area contributed by atoms with Crippen LogP contribution in [0.5, 0.6) is 0 Å². The minimum absolute atomic E-state index is 0.0186. The van der Waals surface area contributed by atoms with E-state index in [2.05, 4.69) is 40.3 Å². The Morgan fingerprint density at radius 2 is 0.952 bits per heavy atom. The first-order chi connectivity index (χ1) is 29.7. The van der Waals surface area contributed by atoms with E-state index in [0.717, 1.165) is 62.0 Å². The average Bonchev–Trinajstić information content (AvgIpc) is 4.07. The number of hydrogen-bond acceptors (Lipinski definition) is 16. The Balaban J connectivity index is 0.000000186. The largest absolute Gasteiger partial charge is 0.458 e. The number of sulfone groups is 2. The molecule has 0 aromatic carbocycles. The smallest absolute Gasteiger partial charge is 0.200 e. The van der Waals surface area contributed by atoms with Crippen molar-refractivity contribution in [1.29, 1.82) is 0 Å². The molecule has 0 spiro atoms. The van der Waals surface area contributed by atoms with Crippen molar-refractivity contribution in [1.82, 2.24) is 49.5 Å². The Morgan fingerprint density at radius 1 is 0.597 bits per heavy atom. The van der Waals surface area contributed by atoms with Crippen LogP contribution in [-0.4, -0.2) is 103 Å². The second-order valence-corrected chi connectivity index (χ2v) is 20.2. The third-order valence-corrected chi connectivity index (χ3v) is 14.8. The lowest BCUT2D eigenvalue weighted by atomic mass is 10.1. The quantitative estimate of drug-likeness (QED) is 0.134. The number of ether oxygens (including phenoxy) is 2. The van der Waals surface area contributed by atoms with Crippen LogP contribution in [0.4, 0.5) is 8.78 Å². The summed E-state index contributed by atoms with van der Waals surface area (Å²) < 4.78 is 105. The zero-order valence-corrected chi connectivity index (χ0v) is 36.4. The molecule has 18 nitrogen and oxygen atoms in total. The van der Waals surface area contributed by atoms with E-state index in [-0.39, 0.29) is 48.1 Å². The molecule has 0 unspecified atom stereocenters. The van der Waals surface area contributed by atoms with Gasteiger partial charge in [-0.05, 0) is 77.6 Å². The molecule has 332 valence electrons. The third kappa shape index (κ3) is 10.8. The zero-order valence-electron chi connectivity index (χ0n) is 34.7. The Kier molecular flexibility index (Phi) is 14.0. The summed E-state index contributed by atoms with van der Waals surface area (Å²) in [7, 11) is -7.21. The van der Waals surface area contributed by atoms with Crippen LogP contribution in [0.3, 0.4) is 0 Å². The predicted octanol–water partition coefficient (Wildman–Crippen LogP) is 5.35. The molecule has 8 rings (SSSR count). The van der Waals surface area contributed by atoms with E-state index in [0.29, 0.717) is 61.2 Å². The second-order valence-electron chi connectivity index (χ2n) is 15.4. The van der Waals surface area contributed by atoms with Gasteiger partial charge in [0.15, 0.2) is 54.5 Å². The van der Waals surface area contributed by atoms with Gasteiger partial charge in [-0.15, -0.1) is 20.4 Å². The van der Waals surface area contributed by atoms with Crippen molar-refractivity contribution in [2.45, 2.75) is 100 Å². The highest BCUT2D eigenvalue weighted by atomic mass is 32.2. The second kappa shape index (κ2) is 19.4. The van der Waals surface area contributed by atoms with E-state index < -0.39 is 41.8 Å². The van der Waals surface area contributed by atoms with E-state index in [1.807, 2.05) is 47.2 Å². The maximum atomic E-state index is 13.1. The van der Waals surface area contributed by atoms with Crippen molar-refractivity contribution >= 4 is 19.7 Å². The molecule has 2 fully saturated rings. The zero-order chi connectivity index (χ0) is 44.0. The molecule has 0 bridgehead atoms. The third-order valence-electron chi connectivity index (χ3n) is 10.7. The summed E-state index contributed by atoms with van der Waals surface area (Å²) in [6.07, 6.45) is 7.21. The van der Waals surface area contributed by atoms with Gasteiger partial charge >= 0.3 is 0 Å². The monoisotopic (exact) mass is 898 g/mol. The first-order valence-electron chi connectivity index (χ1n) is 20.2. The van der Waals surface area contributed by atoms with Crippen molar-refractivity contribution in [3.8, 4) is 23.2 Å². The molecular weight excluding hydrogens is 851 g/mol. The number of furan rings is 2. The van der Waals surface area contributed by atoms with Crippen molar-refractivity contribution in [3.05, 3.63) is 95.5 Å². The van der Waals surface area contributed by atoms with E-state index in [1.54, 1.807) is 13.8 Å². The molecule has 6 aromatic heterocycles. The SMILES string of the molecule is Cc1ccc(-c2nnc(CS(=O)(=O)[C@@H](C)Cc3ncc(F)cn3)n2C2CCOCC2)o1.Cc1ccc(-c2nnc(CS(=O)(=O)[C@H](C)Cc3ncc(F)cn3)n2C2CCOCC2)o1. The molecule has 0 aliphatic carbocycles. The molecule has 6 aromatic rings. The minimum atomic E-state index is -3.61. The lowest BCUT2D eigenvalue weighted by Crippen LogP contribution is -2.27. The standard InChI is InChI=1S/2C20H24FN5O4S/c2*1-13-3-4-17(30-13)20-25-24-19(26(20)16-5-7-29-8-6-16)12-31(27,28)14(2)9-18-22-10-15(21)11-23-18/h2*3-4,10-11,14,16H,5-9,12H2,1-2H3/t2*14-/m10/s1. The predicted molar refractivity (Wildman–Crippen MR) is 219 cm³/mol. The van der Waals surface area contributed by atoms with Crippen LogP contribution in [0.2, 0.25) is 0 Å². The number of rotatable bonds is 14. The highest BCUT2D eigenvalue weighted by Gasteiger charge is 2.32. The Hall–Kier alpha value is -5.32. The van der Waals surface area contributed by atoms with Crippen LogP contribution >= 0.6 is 0 Å². The van der Waals surface area contributed by atoms with Gasteiger partial charge in [-0.25, -0.2) is 45.6 Å². The number of aromatic nitrogens is 10. The number of nitrogens with zero attached hydrogens (tertiary/aromatic N) is 10. The minimum Gasteiger partial charge on any atom is -0.458 e. The van der Waals surface area contributed by atoms with Gasteiger partial charge in [0.05, 0.1) is 35.3 Å².